The average Bonchev–Trinajstić information content (AvgIpc) is 2.28. The van der Waals surface area contributed by atoms with Gasteiger partial charge in [0.05, 0.1) is 5.75 Å². The summed E-state index contributed by atoms with van der Waals surface area (Å²) in [6, 6.07) is 0. The third kappa shape index (κ3) is 8.58. The van der Waals surface area contributed by atoms with Crippen LogP contribution in [0.3, 0.4) is 0 Å². The van der Waals surface area contributed by atoms with E-state index in [-0.39, 0.29) is 18.1 Å². The molecule has 1 amide bonds. The summed E-state index contributed by atoms with van der Waals surface area (Å²) in [4.78, 5) is 23.4. The van der Waals surface area contributed by atoms with Gasteiger partial charge >= 0.3 is 5.97 Å². The predicted octanol–water partition coefficient (Wildman–Crippen LogP) is 0.915. The van der Waals surface area contributed by atoms with Gasteiger partial charge in [-0.05, 0) is 26.7 Å². The molecule has 0 aromatic rings. The quantitative estimate of drug-likeness (QED) is 0.605. The number of carboxylic acids is 1. The molecule has 0 aromatic carbocycles. The number of hydrogen-bond donors (Lipinski definition) is 1. The second-order valence-electron chi connectivity index (χ2n) is 4.36. The number of amides is 1. The molecule has 0 aromatic heterocycles. The van der Waals surface area contributed by atoms with E-state index >= 15 is 0 Å². The molecule has 0 heterocycles. The minimum Gasteiger partial charge on any atom is -0.481 e. The second kappa shape index (κ2) is 8.90. The van der Waals surface area contributed by atoms with Gasteiger partial charge in [-0.1, -0.05) is 6.42 Å². The van der Waals surface area contributed by atoms with Crippen LogP contribution in [-0.2, 0) is 19.4 Å². The number of aliphatic carboxylic acids is 1. The maximum absolute atomic E-state index is 11.7. The van der Waals surface area contributed by atoms with Gasteiger partial charge in [0.15, 0.2) is 9.84 Å². The van der Waals surface area contributed by atoms with E-state index in [4.69, 9.17) is 5.11 Å². The Kier molecular flexibility index (Phi) is 8.38. The molecule has 0 spiro atoms. The van der Waals surface area contributed by atoms with Crippen LogP contribution in [0, 0.1) is 0 Å². The molecule has 0 rings (SSSR count). The van der Waals surface area contributed by atoms with Gasteiger partial charge in [-0.2, -0.15) is 0 Å². The maximum atomic E-state index is 11.7. The van der Waals surface area contributed by atoms with E-state index < -0.39 is 21.6 Å². The summed E-state index contributed by atoms with van der Waals surface area (Å²) in [5.74, 6) is -1.75. The fourth-order valence-electron chi connectivity index (χ4n) is 1.70. The zero-order chi connectivity index (χ0) is 14.9. The van der Waals surface area contributed by atoms with Gasteiger partial charge in [0.25, 0.3) is 0 Å². The van der Waals surface area contributed by atoms with Crippen molar-refractivity contribution in [3.8, 4) is 0 Å². The van der Waals surface area contributed by atoms with E-state index in [1.54, 1.807) is 13.8 Å². The molecule has 1 N–H and O–H groups in total. The summed E-state index contributed by atoms with van der Waals surface area (Å²) in [5.41, 5.74) is 0. The first-order valence-electron chi connectivity index (χ1n) is 6.52. The lowest BCUT2D eigenvalue weighted by atomic mass is 10.2. The first-order valence-corrected chi connectivity index (χ1v) is 8.34. The van der Waals surface area contributed by atoms with Crippen LogP contribution in [0.4, 0.5) is 0 Å². The van der Waals surface area contributed by atoms with Crippen molar-refractivity contribution in [2.75, 3.05) is 24.6 Å². The van der Waals surface area contributed by atoms with Gasteiger partial charge in [-0.15, -0.1) is 0 Å². The average molecular weight is 293 g/mol. The summed E-state index contributed by atoms with van der Waals surface area (Å²) < 4.78 is 23.4. The normalized spacial score (nSPS) is 11.3. The van der Waals surface area contributed by atoms with E-state index in [0.717, 1.165) is 0 Å². The van der Waals surface area contributed by atoms with Gasteiger partial charge < -0.3 is 10.0 Å². The van der Waals surface area contributed by atoms with Crippen LogP contribution in [0.2, 0.25) is 0 Å². The molecule has 0 atom stereocenters. The van der Waals surface area contributed by atoms with Crippen LogP contribution in [0.25, 0.3) is 0 Å². The lowest BCUT2D eigenvalue weighted by Crippen LogP contribution is -2.36. The zero-order valence-corrected chi connectivity index (χ0v) is 12.4. The first-order chi connectivity index (χ1) is 8.82. The number of rotatable bonds is 10. The summed E-state index contributed by atoms with van der Waals surface area (Å²) in [7, 11) is -3.39. The lowest BCUT2D eigenvalue weighted by Gasteiger charge is -2.18. The standard InChI is InChI=1S/C12H23NO5S/c1-3-13(4-2)11(14)10-19(17,18)9-7-5-6-8-12(15)16/h3-10H2,1-2H3,(H,15,16). The molecule has 0 aliphatic carbocycles. The highest BCUT2D eigenvalue weighted by atomic mass is 32.2. The predicted molar refractivity (Wildman–Crippen MR) is 72.7 cm³/mol. The Balaban J connectivity index is 4.05. The van der Waals surface area contributed by atoms with Crippen LogP contribution in [0.5, 0.6) is 0 Å². The fraction of sp³-hybridized carbons (Fsp3) is 0.833. The van der Waals surface area contributed by atoms with Crippen molar-refractivity contribution in [2.45, 2.75) is 39.5 Å². The molecular formula is C12H23NO5S. The highest BCUT2D eigenvalue weighted by Gasteiger charge is 2.19. The first kappa shape index (κ1) is 17.9. The van der Waals surface area contributed by atoms with Gasteiger partial charge in [0.1, 0.15) is 5.75 Å². The molecule has 6 nitrogen and oxygen atoms in total. The Morgan fingerprint density at radius 2 is 1.63 bits per heavy atom. The third-order valence-electron chi connectivity index (χ3n) is 2.81. The van der Waals surface area contributed by atoms with Crippen molar-refractivity contribution in [2.24, 2.45) is 0 Å². The number of unbranched alkanes of at least 4 members (excludes halogenated alkanes) is 2. The van der Waals surface area contributed by atoms with E-state index in [1.807, 2.05) is 0 Å². The number of carbonyl (C=O) groups excluding carboxylic acids is 1. The van der Waals surface area contributed by atoms with Crippen molar-refractivity contribution in [1.82, 2.24) is 4.90 Å². The van der Waals surface area contributed by atoms with Gasteiger partial charge in [0, 0.05) is 19.5 Å². The minimum absolute atomic E-state index is 0.0540. The van der Waals surface area contributed by atoms with Gasteiger partial charge in [0.2, 0.25) is 5.91 Å². The van der Waals surface area contributed by atoms with Crippen molar-refractivity contribution < 1.29 is 23.1 Å². The molecule has 0 radical (unpaired) electrons. The van der Waals surface area contributed by atoms with E-state index in [0.29, 0.717) is 32.4 Å². The van der Waals surface area contributed by atoms with Crippen molar-refractivity contribution >= 4 is 21.7 Å². The molecule has 0 fully saturated rings. The maximum Gasteiger partial charge on any atom is 0.303 e. The monoisotopic (exact) mass is 293 g/mol. The molecule has 0 saturated heterocycles. The van der Waals surface area contributed by atoms with Crippen LogP contribution < -0.4 is 0 Å². The Morgan fingerprint density at radius 3 is 2.11 bits per heavy atom. The second-order valence-corrected chi connectivity index (χ2v) is 6.55. The Bertz CT molecular complexity index is 387. The number of carbonyl (C=O) groups is 2. The molecule has 0 aliphatic heterocycles. The highest BCUT2D eigenvalue weighted by Crippen LogP contribution is 2.04. The number of carboxylic acid groups (broad SMARTS) is 1. The van der Waals surface area contributed by atoms with Crippen molar-refractivity contribution in [3.05, 3.63) is 0 Å². The minimum atomic E-state index is -3.39. The van der Waals surface area contributed by atoms with Crippen LogP contribution in [-0.4, -0.2) is 54.9 Å². The molecule has 0 unspecified atom stereocenters. The van der Waals surface area contributed by atoms with Crippen LogP contribution in [0.15, 0.2) is 0 Å². The Labute approximate surface area is 114 Å². The SMILES string of the molecule is CCN(CC)C(=O)CS(=O)(=O)CCCCCC(=O)O. The summed E-state index contributed by atoms with van der Waals surface area (Å²) >= 11 is 0. The summed E-state index contributed by atoms with van der Waals surface area (Å²) in [5, 5.41) is 8.44. The lowest BCUT2D eigenvalue weighted by molar-refractivity contribution is -0.137. The van der Waals surface area contributed by atoms with Crippen LogP contribution in [0.1, 0.15) is 39.5 Å². The van der Waals surface area contributed by atoms with Crippen LogP contribution >= 0.6 is 0 Å². The van der Waals surface area contributed by atoms with E-state index in [2.05, 4.69) is 0 Å². The number of hydrogen-bond acceptors (Lipinski definition) is 4. The van der Waals surface area contributed by atoms with Crippen molar-refractivity contribution in [1.29, 1.82) is 0 Å². The zero-order valence-electron chi connectivity index (χ0n) is 11.6. The molecule has 112 valence electrons. The molecule has 0 aliphatic rings. The van der Waals surface area contributed by atoms with Crippen molar-refractivity contribution in [3.63, 3.8) is 0 Å². The molecular weight excluding hydrogens is 270 g/mol. The highest BCUT2D eigenvalue weighted by molar-refractivity contribution is 7.92. The van der Waals surface area contributed by atoms with E-state index in [9.17, 15) is 18.0 Å². The molecule has 19 heavy (non-hydrogen) atoms. The van der Waals surface area contributed by atoms with Gasteiger partial charge in [-0.25, -0.2) is 8.42 Å². The summed E-state index contributed by atoms with van der Waals surface area (Å²) in [6.07, 6.45) is 1.47. The Morgan fingerprint density at radius 1 is 1.05 bits per heavy atom. The van der Waals surface area contributed by atoms with Gasteiger partial charge in [-0.3, -0.25) is 9.59 Å². The molecule has 0 saturated carbocycles. The fourth-order valence-corrected chi connectivity index (χ4v) is 3.05. The number of sulfone groups is 1. The molecule has 0 bridgehead atoms. The number of nitrogens with zero attached hydrogens (tertiary/aromatic N) is 1. The topological polar surface area (TPSA) is 91.8 Å². The molecule has 7 heteroatoms. The smallest absolute Gasteiger partial charge is 0.303 e. The third-order valence-corrected chi connectivity index (χ3v) is 4.40. The largest absolute Gasteiger partial charge is 0.481 e. The van der Waals surface area contributed by atoms with E-state index in [1.165, 1.54) is 4.90 Å². The Hall–Kier alpha value is -1.11. The summed E-state index contributed by atoms with van der Waals surface area (Å²) in [6.45, 7) is 4.62.